The molecule has 0 fully saturated rings. The maximum atomic E-state index is 11.3. The molecule has 0 aliphatic carbocycles. The smallest absolute Gasteiger partial charge is 0.313 e. The molecule has 4 nitrogen and oxygen atoms in total. The number of nitrogens with one attached hydrogen (secondary N) is 1. The number of aromatic amines is 1. The Hall–Kier alpha value is -2.10. The molecule has 1 aromatic carbocycles. The number of hydrogen-bond donors (Lipinski definition) is 1. The van der Waals surface area contributed by atoms with Crippen molar-refractivity contribution >= 4 is 0 Å². The zero-order valence-corrected chi connectivity index (χ0v) is 7.31. The van der Waals surface area contributed by atoms with E-state index in [0.29, 0.717) is 10.4 Å². The van der Waals surface area contributed by atoms with Crippen molar-refractivity contribution in [2.75, 3.05) is 0 Å². The van der Waals surface area contributed by atoms with Crippen LogP contribution in [0.4, 0.5) is 0 Å². The fraction of sp³-hybridized carbons (Fsp3) is 0. The molecule has 0 aliphatic heterocycles. The Morgan fingerprint density at radius 2 is 1.93 bits per heavy atom. The van der Waals surface area contributed by atoms with E-state index >= 15 is 0 Å². The van der Waals surface area contributed by atoms with Gasteiger partial charge in [-0.1, -0.05) is 18.2 Å². The van der Waals surface area contributed by atoms with Gasteiger partial charge >= 0.3 is 5.56 Å². The van der Waals surface area contributed by atoms with Gasteiger partial charge in [0.05, 0.1) is 6.20 Å². The molecule has 2 aromatic rings. The van der Waals surface area contributed by atoms with Crippen molar-refractivity contribution < 1.29 is 4.73 Å². The Bertz CT molecular complexity index is 491. The predicted octanol–water partition coefficient (Wildman–Crippen LogP) is 0.675. The largest absolute Gasteiger partial charge is 0.618 e. The molecule has 14 heavy (non-hydrogen) atoms. The Balaban J connectivity index is 2.58. The molecule has 2 rings (SSSR count). The molecule has 0 bridgehead atoms. The van der Waals surface area contributed by atoms with E-state index in [9.17, 15) is 10.0 Å². The topological polar surface area (TPSA) is 59.8 Å². The Morgan fingerprint density at radius 3 is 2.57 bits per heavy atom. The highest BCUT2D eigenvalue weighted by Crippen LogP contribution is 2.11. The molecule has 1 aromatic heterocycles. The fourth-order valence-electron chi connectivity index (χ4n) is 1.24. The van der Waals surface area contributed by atoms with Gasteiger partial charge < -0.3 is 10.2 Å². The summed E-state index contributed by atoms with van der Waals surface area (Å²) in [5.41, 5.74) is 0.809. The van der Waals surface area contributed by atoms with Gasteiger partial charge in [0.15, 0.2) is 0 Å². The SMILES string of the molecule is O=c1c[n+]([O-])c(-c2ccccc2)c[nH]1. The summed E-state index contributed by atoms with van der Waals surface area (Å²) in [4.78, 5) is 13.3. The molecule has 0 radical (unpaired) electrons. The van der Waals surface area contributed by atoms with Crippen molar-refractivity contribution in [3.63, 3.8) is 0 Å². The molecule has 0 unspecified atom stereocenters. The average molecular weight is 188 g/mol. The van der Waals surface area contributed by atoms with Crippen LogP contribution < -0.4 is 10.3 Å². The van der Waals surface area contributed by atoms with E-state index in [0.717, 1.165) is 11.8 Å². The van der Waals surface area contributed by atoms with Crippen LogP contribution in [-0.2, 0) is 0 Å². The third-order valence-corrected chi connectivity index (χ3v) is 1.89. The van der Waals surface area contributed by atoms with Crippen molar-refractivity contribution in [2.24, 2.45) is 0 Å². The van der Waals surface area contributed by atoms with E-state index in [1.165, 1.54) is 6.20 Å². The van der Waals surface area contributed by atoms with Crippen LogP contribution in [0.25, 0.3) is 11.3 Å². The van der Waals surface area contributed by atoms with Gasteiger partial charge in [0.25, 0.3) is 0 Å². The molecule has 1 N–H and O–H groups in total. The van der Waals surface area contributed by atoms with Crippen molar-refractivity contribution in [1.29, 1.82) is 0 Å². The minimum Gasteiger partial charge on any atom is -0.618 e. The molecule has 4 heteroatoms. The van der Waals surface area contributed by atoms with Crippen LogP contribution in [0.1, 0.15) is 0 Å². The Morgan fingerprint density at radius 1 is 1.21 bits per heavy atom. The molecule has 0 saturated heterocycles. The van der Waals surface area contributed by atoms with E-state index in [2.05, 4.69) is 4.98 Å². The number of benzene rings is 1. The van der Waals surface area contributed by atoms with Crippen molar-refractivity contribution in [1.82, 2.24) is 4.98 Å². The van der Waals surface area contributed by atoms with Crippen LogP contribution in [0.3, 0.4) is 0 Å². The minimum atomic E-state index is -0.403. The number of hydrogen-bond acceptors (Lipinski definition) is 2. The highest BCUT2D eigenvalue weighted by molar-refractivity contribution is 5.54. The Labute approximate surface area is 80.0 Å². The summed E-state index contributed by atoms with van der Waals surface area (Å²) < 4.78 is 0.564. The van der Waals surface area contributed by atoms with E-state index in [1.54, 1.807) is 0 Å². The van der Waals surface area contributed by atoms with Crippen LogP contribution in [0, 0.1) is 5.21 Å². The maximum Gasteiger partial charge on any atom is 0.313 e. The van der Waals surface area contributed by atoms with Gasteiger partial charge in [-0.3, -0.25) is 4.79 Å². The van der Waals surface area contributed by atoms with Gasteiger partial charge in [-0.2, -0.15) is 4.73 Å². The lowest BCUT2D eigenvalue weighted by molar-refractivity contribution is -0.595. The number of H-pyrrole nitrogens is 1. The zero-order valence-electron chi connectivity index (χ0n) is 7.31. The van der Waals surface area contributed by atoms with Crippen LogP contribution >= 0.6 is 0 Å². The second kappa shape index (κ2) is 3.33. The molecule has 0 amide bonds. The molecular formula is C10H8N2O2. The summed E-state index contributed by atoms with van der Waals surface area (Å²) in [6.45, 7) is 0. The van der Waals surface area contributed by atoms with Gasteiger partial charge in [0, 0.05) is 5.56 Å². The van der Waals surface area contributed by atoms with Gasteiger partial charge in [-0.15, -0.1) is 0 Å². The highest BCUT2D eigenvalue weighted by atomic mass is 16.5. The molecule has 0 aliphatic rings. The lowest BCUT2D eigenvalue weighted by Crippen LogP contribution is -2.34. The van der Waals surface area contributed by atoms with E-state index in [-0.39, 0.29) is 0 Å². The first-order chi connectivity index (χ1) is 6.77. The van der Waals surface area contributed by atoms with Crippen molar-refractivity contribution in [2.45, 2.75) is 0 Å². The molecule has 0 atom stereocenters. The van der Waals surface area contributed by atoms with E-state index in [1.807, 2.05) is 30.3 Å². The van der Waals surface area contributed by atoms with Crippen LogP contribution in [0.2, 0.25) is 0 Å². The highest BCUT2D eigenvalue weighted by Gasteiger charge is 2.07. The summed E-state index contributed by atoms with van der Waals surface area (Å²) in [5, 5.41) is 11.3. The summed E-state index contributed by atoms with van der Waals surface area (Å²) in [7, 11) is 0. The molecule has 0 spiro atoms. The normalized spacial score (nSPS) is 10.0. The van der Waals surface area contributed by atoms with Gasteiger partial charge in [-0.05, 0) is 12.1 Å². The third kappa shape index (κ3) is 1.50. The number of nitrogens with zero attached hydrogens (tertiary/aromatic N) is 1. The second-order valence-electron chi connectivity index (χ2n) is 2.86. The Kier molecular flexibility index (Phi) is 2.02. The quantitative estimate of drug-likeness (QED) is 0.528. The van der Waals surface area contributed by atoms with Crippen LogP contribution in [0.5, 0.6) is 0 Å². The summed E-state index contributed by atoms with van der Waals surface area (Å²) >= 11 is 0. The summed E-state index contributed by atoms with van der Waals surface area (Å²) in [6.07, 6.45) is 2.38. The first kappa shape index (κ1) is 8.50. The minimum absolute atomic E-state index is 0.403. The van der Waals surface area contributed by atoms with Crippen LogP contribution in [-0.4, -0.2) is 4.98 Å². The molecule has 1 heterocycles. The third-order valence-electron chi connectivity index (χ3n) is 1.89. The lowest BCUT2D eigenvalue weighted by Gasteiger charge is -2.01. The van der Waals surface area contributed by atoms with Crippen molar-refractivity contribution in [3.8, 4) is 11.3 Å². The lowest BCUT2D eigenvalue weighted by atomic mass is 10.2. The van der Waals surface area contributed by atoms with Crippen LogP contribution in [0.15, 0.2) is 47.5 Å². The van der Waals surface area contributed by atoms with E-state index in [4.69, 9.17) is 0 Å². The maximum absolute atomic E-state index is 11.3. The fourth-order valence-corrected chi connectivity index (χ4v) is 1.24. The standard InChI is InChI=1S/C10H8N2O2/c13-10-7-12(14)9(6-11-10)8-4-2-1-3-5-8/h1-7H,(H,11,13). The zero-order chi connectivity index (χ0) is 9.97. The molecular weight excluding hydrogens is 180 g/mol. The van der Waals surface area contributed by atoms with E-state index < -0.39 is 5.56 Å². The van der Waals surface area contributed by atoms with Crippen molar-refractivity contribution in [3.05, 3.63) is 58.3 Å². The predicted molar refractivity (Wildman–Crippen MR) is 51.5 cm³/mol. The molecule has 0 saturated carbocycles. The second-order valence-corrected chi connectivity index (χ2v) is 2.86. The number of aromatic nitrogens is 2. The van der Waals surface area contributed by atoms with Gasteiger partial charge in [0.2, 0.25) is 11.9 Å². The first-order valence-corrected chi connectivity index (χ1v) is 4.15. The average Bonchev–Trinajstić information content (AvgIpc) is 2.19. The van der Waals surface area contributed by atoms with Gasteiger partial charge in [0.1, 0.15) is 0 Å². The first-order valence-electron chi connectivity index (χ1n) is 4.15. The number of rotatable bonds is 1. The molecule has 70 valence electrons. The monoisotopic (exact) mass is 188 g/mol. The summed E-state index contributed by atoms with van der Waals surface area (Å²) in [6, 6.07) is 9.15. The van der Waals surface area contributed by atoms with Gasteiger partial charge in [-0.25, -0.2) is 0 Å². The summed E-state index contributed by atoms with van der Waals surface area (Å²) in [5.74, 6) is 0.